The van der Waals surface area contributed by atoms with Crippen LogP contribution in [0.5, 0.6) is 0 Å². The Hall–Kier alpha value is -0.250. The second-order valence-corrected chi connectivity index (χ2v) is 4.63. The van der Waals surface area contributed by atoms with Gasteiger partial charge in [0, 0.05) is 23.2 Å². The molecule has 0 bridgehead atoms. The summed E-state index contributed by atoms with van der Waals surface area (Å²) >= 11 is 5.95. The van der Waals surface area contributed by atoms with Gasteiger partial charge in [-0.2, -0.15) is 12.6 Å². The van der Waals surface area contributed by atoms with Crippen LogP contribution in [0.3, 0.4) is 0 Å². The Morgan fingerprint density at radius 2 is 2.36 bits per heavy atom. The Balaban J connectivity index is 2.44. The van der Waals surface area contributed by atoms with Crippen LogP contribution >= 0.6 is 24.0 Å². The molecule has 3 heteroatoms. The van der Waals surface area contributed by atoms with E-state index in [-0.39, 0.29) is 0 Å². The molecule has 1 heterocycles. The normalized spacial score (nSPS) is 14.0. The highest BCUT2D eigenvalue weighted by atomic mass is 32.1. The van der Waals surface area contributed by atoms with Gasteiger partial charge in [0.2, 0.25) is 0 Å². The largest absolute Gasteiger partial charge is 0.295 e. The van der Waals surface area contributed by atoms with E-state index in [0.29, 0.717) is 6.04 Å². The van der Waals surface area contributed by atoms with Crippen molar-refractivity contribution in [2.75, 3.05) is 19.3 Å². The highest BCUT2D eigenvalue weighted by Gasteiger charge is 2.10. The van der Waals surface area contributed by atoms with E-state index in [0.717, 1.165) is 12.3 Å². The van der Waals surface area contributed by atoms with E-state index in [1.165, 1.54) is 4.88 Å². The lowest BCUT2D eigenvalue weighted by Crippen LogP contribution is -2.21. The molecule has 0 N–H and O–H groups in total. The number of thiol groups is 1. The first-order valence-electron chi connectivity index (χ1n) is 4.75. The summed E-state index contributed by atoms with van der Waals surface area (Å²) in [5.41, 5.74) is 0. The van der Waals surface area contributed by atoms with Crippen LogP contribution in [0.2, 0.25) is 0 Å². The van der Waals surface area contributed by atoms with Crippen molar-refractivity contribution >= 4 is 24.0 Å². The molecule has 1 unspecified atom stereocenters. The summed E-state index contributed by atoms with van der Waals surface area (Å²) in [6.07, 6.45) is 4.25. The number of rotatable bonds is 5. The molecule has 1 atom stereocenters. The summed E-state index contributed by atoms with van der Waals surface area (Å²) in [5.74, 6) is 0.821. The molecule has 78 valence electrons. The van der Waals surface area contributed by atoms with E-state index < -0.39 is 0 Å². The fraction of sp³-hybridized carbons (Fsp3) is 0.455. The molecule has 0 aliphatic carbocycles. The Bertz CT molecular complexity index is 267. The van der Waals surface area contributed by atoms with Crippen LogP contribution in [-0.4, -0.2) is 24.2 Å². The van der Waals surface area contributed by atoms with E-state index in [4.69, 9.17) is 0 Å². The highest BCUT2D eigenvalue weighted by molar-refractivity contribution is 7.80. The monoisotopic (exact) mass is 227 g/mol. The van der Waals surface area contributed by atoms with Gasteiger partial charge in [0.1, 0.15) is 0 Å². The van der Waals surface area contributed by atoms with E-state index in [9.17, 15) is 0 Å². The molecule has 1 aromatic rings. The molecule has 1 aromatic heterocycles. The number of nitrogens with zero attached hydrogens (tertiary/aromatic N) is 1. The molecule has 1 rings (SSSR count). The maximum Gasteiger partial charge on any atom is 0.0413 e. The Kier molecular flexibility index (Phi) is 5.30. The average molecular weight is 227 g/mol. The number of likely N-dealkylation sites (N-methyl/N-ethyl adjacent to an activating group) is 1. The molecule has 0 spiro atoms. The van der Waals surface area contributed by atoms with Crippen molar-refractivity contribution in [1.29, 1.82) is 0 Å². The molecular formula is C11H17NS2. The summed E-state index contributed by atoms with van der Waals surface area (Å²) in [7, 11) is 2.15. The third-order valence-corrected chi connectivity index (χ3v) is 3.53. The van der Waals surface area contributed by atoms with Crippen molar-refractivity contribution in [1.82, 2.24) is 4.90 Å². The van der Waals surface area contributed by atoms with E-state index in [2.05, 4.69) is 61.2 Å². The van der Waals surface area contributed by atoms with Gasteiger partial charge in [-0.05, 0) is 25.4 Å². The van der Waals surface area contributed by atoms with Gasteiger partial charge in [0.05, 0.1) is 0 Å². The predicted octanol–water partition coefficient (Wildman–Crippen LogP) is 3.23. The van der Waals surface area contributed by atoms with Gasteiger partial charge in [0.15, 0.2) is 0 Å². The molecule has 0 amide bonds. The molecule has 14 heavy (non-hydrogen) atoms. The highest BCUT2D eigenvalue weighted by Crippen LogP contribution is 2.22. The number of hydrogen-bond acceptors (Lipinski definition) is 3. The van der Waals surface area contributed by atoms with Gasteiger partial charge in [0.25, 0.3) is 0 Å². The second kappa shape index (κ2) is 6.27. The Labute approximate surface area is 95.9 Å². The molecule has 0 aromatic carbocycles. The van der Waals surface area contributed by atoms with E-state index in [1.54, 1.807) is 0 Å². The third-order valence-electron chi connectivity index (χ3n) is 2.28. The van der Waals surface area contributed by atoms with Crippen molar-refractivity contribution in [2.24, 2.45) is 0 Å². The summed E-state index contributed by atoms with van der Waals surface area (Å²) in [6.45, 7) is 3.22. The SMILES string of the molecule is CC(c1cccs1)N(C)CC=CCS. The van der Waals surface area contributed by atoms with Crippen molar-refractivity contribution < 1.29 is 0 Å². The maximum absolute atomic E-state index is 4.13. The van der Waals surface area contributed by atoms with Crippen molar-refractivity contribution in [2.45, 2.75) is 13.0 Å². The molecule has 0 radical (unpaired) electrons. The quantitative estimate of drug-likeness (QED) is 0.597. The van der Waals surface area contributed by atoms with Crippen molar-refractivity contribution in [3.63, 3.8) is 0 Å². The Morgan fingerprint density at radius 1 is 1.57 bits per heavy atom. The summed E-state index contributed by atoms with van der Waals surface area (Å²) in [5, 5.41) is 2.13. The van der Waals surface area contributed by atoms with Crippen LogP contribution in [0.1, 0.15) is 17.8 Å². The van der Waals surface area contributed by atoms with Crippen molar-refractivity contribution in [3.05, 3.63) is 34.5 Å². The first-order chi connectivity index (χ1) is 6.75. The first kappa shape index (κ1) is 11.8. The minimum atomic E-state index is 0.500. The standard InChI is InChI=1S/C11H17NS2/c1-10(11-6-5-9-14-11)12(2)7-3-4-8-13/h3-6,9-10,13H,7-8H2,1-2H3. The molecule has 0 aliphatic heterocycles. The van der Waals surface area contributed by atoms with Crippen LogP contribution < -0.4 is 0 Å². The van der Waals surface area contributed by atoms with E-state index in [1.807, 2.05) is 11.3 Å². The lowest BCUT2D eigenvalue weighted by Gasteiger charge is -2.21. The zero-order chi connectivity index (χ0) is 10.4. The smallest absolute Gasteiger partial charge is 0.0413 e. The average Bonchev–Trinajstić information content (AvgIpc) is 2.69. The lowest BCUT2D eigenvalue weighted by atomic mass is 10.2. The van der Waals surface area contributed by atoms with Gasteiger partial charge >= 0.3 is 0 Å². The topological polar surface area (TPSA) is 3.24 Å². The molecule has 0 saturated carbocycles. The van der Waals surface area contributed by atoms with Crippen LogP contribution in [0.15, 0.2) is 29.7 Å². The van der Waals surface area contributed by atoms with Gasteiger partial charge in [-0.1, -0.05) is 18.2 Å². The summed E-state index contributed by atoms with van der Waals surface area (Å²) < 4.78 is 0. The van der Waals surface area contributed by atoms with Gasteiger partial charge in [-0.3, -0.25) is 4.90 Å². The van der Waals surface area contributed by atoms with Crippen LogP contribution in [0.4, 0.5) is 0 Å². The number of hydrogen-bond donors (Lipinski definition) is 1. The molecular weight excluding hydrogens is 210 g/mol. The zero-order valence-corrected chi connectivity index (χ0v) is 10.4. The van der Waals surface area contributed by atoms with Crippen molar-refractivity contribution in [3.8, 4) is 0 Å². The van der Waals surface area contributed by atoms with Gasteiger partial charge in [-0.25, -0.2) is 0 Å². The fourth-order valence-electron chi connectivity index (χ4n) is 1.22. The minimum Gasteiger partial charge on any atom is -0.295 e. The van der Waals surface area contributed by atoms with Gasteiger partial charge < -0.3 is 0 Å². The maximum atomic E-state index is 4.13. The predicted molar refractivity (Wildman–Crippen MR) is 68.4 cm³/mol. The number of thiophene rings is 1. The molecule has 0 saturated heterocycles. The van der Waals surface area contributed by atoms with E-state index >= 15 is 0 Å². The summed E-state index contributed by atoms with van der Waals surface area (Å²) in [4.78, 5) is 3.75. The second-order valence-electron chi connectivity index (χ2n) is 3.28. The Morgan fingerprint density at radius 3 is 2.93 bits per heavy atom. The van der Waals surface area contributed by atoms with Crippen LogP contribution in [0, 0.1) is 0 Å². The molecule has 0 aliphatic rings. The third kappa shape index (κ3) is 3.48. The minimum absolute atomic E-state index is 0.500. The first-order valence-corrected chi connectivity index (χ1v) is 6.26. The van der Waals surface area contributed by atoms with Gasteiger partial charge in [-0.15, -0.1) is 11.3 Å². The molecule has 1 nitrogen and oxygen atoms in total. The van der Waals surface area contributed by atoms with Crippen LogP contribution in [0.25, 0.3) is 0 Å². The lowest BCUT2D eigenvalue weighted by molar-refractivity contribution is 0.293. The zero-order valence-electron chi connectivity index (χ0n) is 8.68. The summed E-state index contributed by atoms with van der Waals surface area (Å²) in [6, 6.07) is 4.79. The van der Waals surface area contributed by atoms with Crippen LogP contribution in [-0.2, 0) is 0 Å². The molecule has 0 fully saturated rings. The fourth-order valence-corrected chi connectivity index (χ4v) is 2.22.